The van der Waals surface area contributed by atoms with Crippen molar-refractivity contribution in [1.82, 2.24) is 5.32 Å². The quantitative estimate of drug-likeness (QED) is 0.294. The molecule has 0 radical (unpaired) electrons. The molecule has 0 saturated carbocycles. The van der Waals surface area contributed by atoms with Crippen LogP contribution < -0.4 is 5.32 Å². The summed E-state index contributed by atoms with van der Waals surface area (Å²) in [4.78, 5) is 9.00. The fourth-order valence-electron chi connectivity index (χ4n) is 2.94. The van der Waals surface area contributed by atoms with Crippen LogP contribution >= 0.6 is 0 Å². The number of rotatable bonds is 16. The highest BCUT2D eigenvalue weighted by Gasteiger charge is 2.15. The highest BCUT2D eigenvalue weighted by atomic mass is 16.4. The summed E-state index contributed by atoms with van der Waals surface area (Å²) in [5, 5.41) is 11.2. The highest BCUT2D eigenvalue weighted by Crippen LogP contribution is 2.16. The number of unbranched alkanes of at least 4 members (excludes halogenated alkanes) is 11. The third kappa shape index (κ3) is 28.5. The van der Waals surface area contributed by atoms with Crippen LogP contribution in [0.3, 0.4) is 0 Å². The number of aliphatic carboxylic acids is 1. The van der Waals surface area contributed by atoms with Crippen molar-refractivity contribution in [2.24, 2.45) is 0 Å². The summed E-state index contributed by atoms with van der Waals surface area (Å²) in [5.41, 5.74) is 0.340. The first kappa shape index (κ1) is 26.7. The van der Waals surface area contributed by atoms with Crippen molar-refractivity contribution >= 4 is 5.97 Å². The van der Waals surface area contributed by atoms with Crippen LogP contribution in [0, 0.1) is 0 Å². The maximum absolute atomic E-state index is 9.00. The van der Waals surface area contributed by atoms with E-state index in [-0.39, 0.29) is 0 Å². The van der Waals surface area contributed by atoms with E-state index in [1.54, 1.807) is 0 Å². The van der Waals surface area contributed by atoms with E-state index in [9.17, 15) is 0 Å². The fraction of sp³-hybridized carbons (Fsp3) is 0.955. The molecule has 3 heteroatoms. The first-order valence-corrected chi connectivity index (χ1v) is 10.8. The van der Waals surface area contributed by atoms with Gasteiger partial charge >= 0.3 is 0 Å². The minimum absolute atomic E-state index is 0.340. The zero-order valence-corrected chi connectivity index (χ0v) is 18.0. The molecule has 0 amide bonds. The van der Waals surface area contributed by atoms with Crippen LogP contribution in [0.4, 0.5) is 0 Å². The van der Waals surface area contributed by atoms with E-state index in [0.29, 0.717) is 5.54 Å². The van der Waals surface area contributed by atoms with Gasteiger partial charge in [0.25, 0.3) is 5.97 Å². The lowest BCUT2D eigenvalue weighted by molar-refractivity contribution is -0.134. The van der Waals surface area contributed by atoms with Crippen molar-refractivity contribution in [3.05, 3.63) is 0 Å². The number of hydrogen-bond acceptors (Lipinski definition) is 2. The van der Waals surface area contributed by atoms with Gasteiger partial charge in [-0.25, -0.2) is 0 Å². The van der Waals surface area contributed by atoms with E-state index in [4.69, 9.17) is 9.90 Å². The molecule has 0 aromatic heterocycles. The summed E-state index contributed by atoms with van der Waals surface area (Å²) < 4.78 is 0. The van der Waals surface area contributed by atoms with Gasteiger partial charge in [-0.15, -0.1) is 0 Å². The molecule has 0 spiro atoms. The van der Waals surface area contributed by atoms with Gasteiger partial charge in [0.05, 0.1) is 0 Å². The Bertz CT molecular complexity index is 253. The number of hydrogen-bond donors (Lipinski definition) is 2. The van der Waals surface area contributed by atoms with Crippen molar-refractivity contribution in [1.29, 1.82) is 0 Å². The monoisotopic (exact) mass is 357 g/mol. The molecular weight excluding hydrogens is 310 g/mol. The zero-order valence-electron chi connectivity index (χ0n) is 18.0. The summed E-state index contributed by atoms with van der Waals surface area (Å²) in [6, 6.07) is 0. The summed E-state index contributed by atoms with van der Waals surface area (Å²) in [6.45, 7) is 11.6. The van der Waals surface area contributed by atoms with Gasteiger partial charge < -0.3 is 10.4 Å². The third-order valence-corrected chi connectivity index (χ3v) is 4.54. The Morgan fingerprint density at radius 1 is 0.760 bits per heavy atom. The number of carboxylic acid groups (broad SMARTS) is 1. The topological polar surface area (TPSA) is 49.3 Å². The van der Waals surface area contributed by atoms with Crippen molar-refractivity contribution in [3.63, 3.8) is 0 Å². The fourth-order valence-corrected chi connectivity index (χ4v) is 2.94. The Morgan fingerprint density at radius 2 is 1.12 bits per heavy atom. The van der Waals surface area contributed by atoms with E-state index in [2.05, 4.69) is 33.0 Å². The molecule has 0 saturated heterocycles. The molecule has 0 aromatic rings. The molecule has 0 aliphatic rings. The van der Waals surface area contributed by atoms with E-state index < -0.39 is 5.97 Å². The standard InChI is InChI=1S/C20H43N.C2H4O2/c1-5-7-9-11-13-14-16-18-20(3,4)21-19-17-15-12-10-8-6-2;1-2(3)4/h21H,5-19H2,1-4H3;1H3,(H,3,4). The number of carbonyl (C=O) groups is 1. The van der Waals surface area contributed by atoms with Gasteiger partial charge in [-0.2, -0.15) is 0 Å². The van der Waals surface area contributed by atoms with Gasteiger partial charge in [0.1, 0.15) is 0 Å². The molecule has 0 heterocycles. The second kappa shape index (κ2) is 19.8. The van der Waals surface area contributed by atoms with E-state index in [0.717, 1.165) is 6.92 Å². The molecule has 0 bridgehead atoms. The predicted molar refractivity (Wildman–Crippen MR) is 111 cm³/mol. The predicted octanol–water partition coefficient (Wildman–Crippen LogP) is 6.95. The number of carboxylic acids is 1. The number of nitrogens with one attached hydrogen (secondary N) is 1. The summed E-state index contributed by atoms with van der Waals surface area (Å²) in [6.07, 6.45) is 19.6. The normalized spacial score (nSPS) is 11.1. The molecule has 0 aliphatic heterocycles. The molecule has 0 atom stereocenters. The van der Waals surface area contributed by atoms with Gasteiger partial charge in [0.2, 0.25) is 0 Å². The van der Waals surface area contributed by atoms with Gasteiger partial charge in [0, 0.05) is 12.5 Å². The van der Waals surface area contributed by atoms with Crippen LogP contribution in [0.25, 0.3) is 0 Å². The minimum atomic E-state index is -0.833. The molecule has 0 fully saturated rings. The van der Waals surface area contributed by atoms with Gasteiger partial charge in [0.15, 0.2) is 0 Å². The second-order valence-electron chi connectivity index (χ2n) is 7.97. The van der Waals surface area contributed by atoms with Crippen molar-refractivity contribution < 1.29 is 9.90 Å². The third-order valence-electron chi connectivity index (χ3n) is 4.54. The van der Waals surface area contributed by atoms with Crippen LogP contribution in [0.2, 0.25) is 0 Å². The smallest absolute Gasteiger partial charge is 0.300 e. The lowest BCUT2D eigenvalue weighted by atomic mass is 9.95. The van der Waals surface area contributed by atoms with Crippen LogP contribution in [-0.4, -0.2) is 23.2 Å². The molecule has 0 aromatic carbocycles. The lowest BCUT2D eigenvalue weighted by Crippen LogP contribution is -2.39. The second-order valence-corrected chi connectivity index (χ2v) is 7.97. The minimum Gasteiger partial charge on any atom is -0.481 e. The Labute approximate surface area is 158 Å². The highest BCUT2D eigenvalue weighted by molar-refractivity contribution is 5.62. The van der Waals surface area contributed by atoms with E-state index in [1.165, 1.54) is 96.4 Å². The van der Waals surface area contributed by atoms with Crippen molar-refractivity contribution in [2.45, 2.75) is 130 Å². The lowest BCUT2D eigenvalue weighted by Gasteiger charge is -2.26. The molecule has 0 rings (SSSR count). The van der Waals surface area contributed by atoms with Crippen molar-refractivity contribution in [3.8, 4) is 0 Å². The average molecular weight is 358 g/mol. The molecule has 0 aliphatic carbocycles. The summed E-state index contributed by atoms with van der Waals surface area (Å²) in [7, 11) is 0. The van der Waals surface area contributed by atoms with Crippen LogP contribution in [0.5, 0.6) is 0 Å². The summed E-state index contributed by atoms with van der Waals surface area (Å²) in [5.74, 6) is -0.833. The average Bonchev–Trinajstić information content (AvgIpc) is 2.52. The first-order valence-electron chi connectivity index (χ1n) is 10.8. The van der Waals surface area contributed by atoms with Gasteiger partial charge in [-0.05, 0) is 33.2 Å². The molecule has 2 N–H and O–H groups in total. The Balaban J connectivity index is 0. The Kier molecular flexibility index (Phi) is 21.1. The summed E-state index contributed by atoms with van der Waals surface area (Å²) >= 11 is 0. The molecule has 3 nitrogen and oxygen atoms in total. The Hall–Kier alpha value is -0.570. The first-order chi connectivity index (χ1) is 11.9. The van der Waals surface area contributed by atoms with E-state index >= 15 is 0 Å². The maximum atomic E-state index is 9.00. The van der Waals surface area contributed by atoms with Gasteiger partial charge in [-0.1, -0.05) is 90.9 Å². The molecule has 0 unspecified atom stereocenters. The van der Waals surface area contributed by atoms with Crippen LogP contribution in [-0.2, 0) is 4.79 Å². The largest absolute Gasteiger partial charge is 0.481 e. The molecular formula is C22H47NO2. The van der Waals surface area contributed by atoms with E-state index in [1.807, 2.05) is 0 Å². The maximum Gasteiger partial charge on any atom is 0.300 e. The SMILES string of the molecule is CC(=O)O.CCCCCCCCCC(C)(C)NCCCCCCCC. The zero-order chi connectivity index (χ0) is 19.4. The van der Waals surface area contributed by atoms with Crippen molar-refractivity contribution in [2.75, 3.05) is 6.54 Å². The van der Waals surface area contributed by atoms with Gasteiger partial charge in [-0.3, -0.25) is 4.79 Å². The Morgan fingerprint density at radius 3 is 1.56 bits per heavy atom. The molecule has 152 valence electrons. The molecule has 25 heavy (non-hydrogen) atoms. The van der Waals surface area contributed by atoms with Crippen LogP contribution in [0.15, 0.2) is 0 Å². The van der Waals surface area contributed by atoms with Crippen LogP contribution in [0.1, 0.15) is 125 Å².